The van der Waals surface area contributed by atoms with Gasteiger partial charge in [-0.2, -0.15) is 0 Å². The van der Waals surface area contributed by atoms with Gasteiger partial charge in [0.2, 0.25) is 0 Å². The molecule has 0 amide bonds. The minimum atomic E-state index is -1.63. The van der Waals surface area contributed by atoms with Gasteiger partial charge in [-0.3, -0.25) is 9.59 Å². The lowest BCUT2D eigenvalue weighted by Gasteiger charge is -2.26. The second-order valence-corrected chi connectivity index (χ2v) is 19.1. The summed E-state index contributed by atoms with van der Waals surface area (Å²) >= 11 is 0. The van der Waals surface area contributed by atoms with Crippen LogP contribution in [0.3, 0.4) is 0 Å². The third kappa shape index (κ3) is 50.4. The summed E-state index contributed by atoms with van der Waals surface area (Å²) in [5, 5.41) is 11.8. The van der Waals surface area contributed by atoms with E-state index in [1.807, 2.05) is 21.1 Å². The van der Waals surface area contributed by atoms with Crippen LogP contribution >= 0.6 is 0 Å². The van der Waals surface area contributed by atoms with Crippen LogP contribution in [0.5, 0.6) is 0 Å². The third-order valence-corrected chi connectivity index (χ3v) is 11.4. The molecule has 0 aliphatic carbocycles. The number of likely N-dealkylation sites (N-methyl/N-ethyl adjacent to an activating group) is 1. The first kappa shape index (κ1) is 63.7. The van der Waals surface area contributed by atoms with Crippen LogP contribution in [0.15, 0.2) is 72.9 Å². The smallest absolute Gasteiger partial charge is 0.306 e. The molecule has 67 heavy (non-hydrogen) atoms. The number of carbonyl (C=O) groups excluding carboxylic acids is 3. The van der Waals surface area contributed by atoms with Crippen molar-refractivity contribution in [3.8, 4) is 0 Å². The number of esters is 2. The Morgan fingerprint density at radius 2 is 0.851 bits per heavy atom. The number of ether oxygens (including phenoxy) is 4. The fourth-order valence-electron chi connectivity index (χ4n) is 7.26. The number of hydrogen-bond acceptors (Lipinski definition) is 8. The number of carbonyl (C=O) groups is 3. The number of aliphatic carboxylic acids is 1. The zero-order valence-electron chi connectivity index (χ0n) is 43.8. The highest BCUT2D eigenvalue weighted by Crippen LogP contribution is 2.15. The highest BCUT2D eigenvalue weighted by atomic mass is 16.7. The van der Waals surface area contributed by atoms with Crippen LogP contribution in [-0.4, -0.2) is 82.3 Å². The largest absolute Gasteiger partial charge is 0.545 e. The maximum absolute atomic E-state index is 12.8. The van der Waals surface area contributed by atoms with Crippen molar-refractivity contribution in [2.45, 2.75) is 232 Å². The van der Waals surface area contributed by atoms with Crippen LogP contribution in [0.25, 0.3) is 0 Å². The molecule has 0 saturated carbocycles. The Kier molecular flexibility index (Phi) is 46.8. The number of carboxylic acids is 1. The van der Waals surface area contributed by atoms with Crippen LogP contribution < -0.4 is 5.11 Å². The fourth-order valence-corrected chi connectivity index (χ4v) is 7.26. The Morgan fingerprint density at radius 1 is 0.463 bits per heavy atom. The zero-order valence-corrected chi connectivity index (χ0v) is 43.8. The van der Waals surface area contributed by atoms with E-state index < -0.39 is 24.3 Å². The van der Waals surface area contributed by atoms with Gasteiger partial charge in [-0.1, -0.05) is 196 Å². The normalized spacial score (nSPS) is 13.4. The molecule has 0 aliphatic rings. The molecule has 0 fully saturated rings. The molecule has 0 N–H and O–H groups in total. The zero-order chi connectivity index (χ0) is 49.2. The van der Waals surface area contributed by atoms with Gasteiger partial charge in [0.15, 0.2) is 12.4 Å². The number of rotatable bonds is 49. The molecule has 386 valence electrons. The van der Waals surface area contributed by atoms with E-state index in [0.29, 0.717) is 17.4 Å². The van der Waals surface area contributed by atoms with E-state index in [-0.39, 0.29) is 38.6 Å². The molecule has 0 bridgehead atoms. The molecule has 0 rings (SSSR count). The number of nitrogens with zero attached hydrogens (tertiary/aromatic N) is 1. The summed E-state index contributed by atoms with van der Waals surface area (Å²) in [7, 11) is 5.91. The Balaban J connectivity index is 4.32. The summed E-state index contributed by atoms with van der Waals surface area (Å²) in [5.41, 5.74) is 0. The van der Waals surface area contributed by atoms with E-state index in [1.54, 1.807) is 0 Å². The average molecular weight is 940 g/mol. The molecule has 0 aromatic heterocycles. The van der Waals surface area contributed by atoms with Crippen LogP contribution in [-0.2, 0) is 33.3 Å². The lowest BCUT2D eigenvalue weighted by Crippen LogP contribution is -2.44. The summed E-state index contributed by atoms with van der Waals surface area (Å²) < 4.78 is 22.7. The number of carboxylic acid groups (broad SMARTS) is 1. The summed E-state index contributed by atoms with van der Waals surface area (Å²) in [6.07, 6.45) is 59.3. The number of hydrogen-bond donors (Lipinski definition) is 0. The van der Waals surface area contributed by atoms with Crippen molar-refractivity contribution in [1.29, 1.82) is 0 Å². The van der Waals surface area contributed by atoms with E-state index in [1.165, 1.54) is 103 Å². The van der Waals surface area contributed by atoms with Gasteiger partial charge in [0.25, 0.3) is 0 Å². The summed E-state index contributed by atoms with van der Waals surface area (Å²) in [5.74, 6) is -2.30. The predicted octanol–water partition coefficient (Wildman–Crippen LogP) is 14.1. The van der Waals surface area contributed by atoms with E-state index in [2.05, 4.69) is 86.8 Å². The van der Waals surface area contributed by atoms with Crippen molar-refractivity contribution in [2.24, 2.45) is 0 Å². The fraction of sp³-hybridized carbons (Fsp3) is 0.741. The van der Waals surface area contributed by atoms with E-state index >= 15 is 0 Å². The summed E-state index contributed by atoms with van der Waals surface area (Å²) in [6.45, 7) is 4.60. The highest BCUT2D eigenvalue weighted by Gasteiger charge is 2.22. The average Bonchev–Trinajstić information content (AvgIpc) is 3.29. The number of unbranched alkanes of at least 4 members (excludes halogenated alkanes) is 22. The van der Waals surface area contributed by atoms with Crippen molar-refractivity contribution in [1.82, 2.24) is 0 Å². The van der Waals surface area contributed by atoms with Gasteiger partial charge in [-0.05, 0) is 83.5 Å². The van der Waals surface area contributed by atoms with Crippen LogP contribution in [0.2, 0.25) is 0 Å². The van der Waals surface area contributed by atoms with Gasteiger partial charge in [0, 0.05) is 12.8 Å². The van der Waals surface area contributed by atoms with Gasteiger partial charge < -0.3 is 33.3 Å². The first-order valence-electron chi connectivity index (χ1n) is 27.1. The Labute approximate surface area is 411 Å². The van der Waals surface area contributed by atoms with Crippen molar-refractivity contribution < 1.29 is 42.9 Å². The van der Waals surface area contributed by atoms with Crippen molar-refractivity contribution >= 4 is 17.9 Å². The van der Waals surface area contributed by atoms with Crippen molar-refractivity contribution in [3.05, 3.63) is 72.9 Å². The molecule has 0 saturated heterocycles. The topological polar surface area (TPSA) is 111 Å². The first-order chi connectivity index (χ1) is 32.6. The van der Waals surface area contributed by atoms with Crippen LogP contribution in [0, 0.1) is 0 Å². The van der Waals surface area contributed by atoms with Crippen LogP contribution in [0.4, 0.5) is 0 Å². The molecule has 9 heteroatoms. The standard InChI is InChI=1S/C58H101NO8/c1-6-8-10-12-14-16-18-20-22-24-26-27-28-29-31-33-35-37-39-41-43-45-47-49-56(61)67-54(53-66-58(57(62)63)64-51-50-59(3,4)5)52-65-55(60)48-46-44-42-40-38-36-34-32-30-25-23-21-19-17-15-13-11-9-7-2/h8,10,14-17,20-23,26-27,54,58H,6-7,9,11-13,18-19,24-25,28-53H2,1-5H3/b10-8-,16-14-,17-15-,22-20-,23-21-,27-26-. The Morgan fingerprint density at radius 3 is 1.27 bits per heavy atom. The summed E-state index contributed by atoms with van der Waals surface area (Å²) in [4.78, 5) is 37.2. The third-order valence-electron chi connectivity index (χ3n) is 11.4. The molecule has 0 aliphatic heterocycles. The molecular formula is C58H101NO8. The van der Waals surface area contributed by atoms with Gasteiger partial charge in [0.1, 0.15) is 13.2 Å². The molecule has 0 radical (unpaired) electrons. The van der Waals surface area contributed by atoms with E-state index in [0.717, 1.165) is 83.5 Å². The van der Waals surface area contributed by atoms with Crippen LogP contribution in [0.1, 0.15) is 219 Å². The molecule has 0 heterocycles. The maximum Gasteiger partial charge on any atom is 0.306 e. The van der Waals surface area contributed by atoms with Crippen molar-refractivity contribution in [2.75, 3.05) is 47.5 Å². The Bertz CT molecular complexity index is 1330. The molecule has 9 nitrogen and oxygen atoms in total. The molecule has 0 spiro atoms. The molecule has 0 aromatic rings. The SMILES string of the molecule is CC/C=C\C/C=C\C/C=C\C/C=C\CCCCCCCCCCCCC(=O)OC(COC(=O)CCCCCCCCCCC/C=C\C/C=C\CCCCC)COC(OCC[N+](C)(C)C)C(=O)[O-]. The molecular weight excluding hydrogens is 839 g/mol. The van der Waals surface area contributed by atoms with E-state index in [4.69, 9.17) is 18.9 Å². The maximum atomic E-state index is 12.8. The molecule has 2 atom stereocenters. The highest BCUT2D eigenvalue weighted by molar-refractivity contribution is 5.70. The van der Waals surface area contributed by atoms with Gasteiger partial charge in [-0.15, -0.1) is 0 Å². The monoisotopic (exact) mass is 940 g/mol. The minimum absolute atomic E-state index is 0.143. The van der Waals surface area contributed by atoms with Gasteiger partial charge in [0.05, 0.1) is 40.3 Å². The Hall–Kier alpha value is -3.27. The second-order valence-electron chi connectivity index (χ2n) is 19.1. The lowest BCUT2D eigenvalue weighted by molar-refractivity contribution is -0.870. The second kappa shape index (κ2) is 49.2. The van der Waals surface area contributed by atoms with Crippen molar-refractivity contribution in [3.63, 3.8) is 0 Å². The number of allylic oxidation sites excluding steroid dienone is 12. The molecule has 0 aromatic carbocycles. The minimum Gasteiger partial charge on any atom is -0.545 e. The van der Waals surface area contributed by atoms with E-state index in [9.17, 15) is 19.5 Å². The summed E-state index contributed by atoms with van der Waals surface area (Å²) in [6, 6.07) is 0. The molecule has 2 unspecified atom stereocenters. The lowest BCUT2D eigenvalue weighted by atomic mass is 10.0. The van der Waals surface area contributed by atoms with Gasteiger partial charge in [-0.25, -0.2) is 0 Å². The quantitative estimate of drug-likeness (QED) is 0.0195. The van der Waals surface area contributed by atoms with Gasteiger partial charge >= 0.3 is 11.9 Å². The predicted molar refractivity (Wildman–Crippen MR) is 278 cm³/mol. The number of quaternary nitrogens is 1. The first-order valence-corrected chi connectivity index (χ1v) is 27.1.